The van der Waals surface area contributed by atoms with Crippen molar-refractivity contribution >= 4 is 74.6 Å². The van der Waals surface area contributed by atoms with E-state index in [0.29, 0.717) is 0 Å². The van der Waals surface area contributed by atoms with Crippen molar-refractivity contribution in [1.82, 2.24) is 0 Å². The van der Waals surface area contributed by atoms with Crippen LogP contribution < -0.4 is 0 Å². The molecule has 3 heteroatoms. The van der Waals surface area contributed by atoms with Crippen LogP contribution in [0.1, 0.15) is 11.1 Å². The Morgan fingerprint density at radius 3 is 1.21 bits per heavy atom. The molecule has 0 atom stereocenters. The number of hydrogen-bond acceptors (Lipinski definition) is 3. The lowest BCUT2D eigenvalue weighted by Crippen LogP contribution is -1.91. The van der Waals surface area contributed by atoms with Crippen molar-refractivity contribution in [2.45, 2.75) is 13.8 Å². The van der Waals surface area contributed by atoms with Gasteiger partial charge in [0.2, 0.25) is 0 Å². The fourth-order valence-corrected chi connectivity index (χ4v) is 10.0. The number of aryl methyl sites for hydroxylation is 2. The van der Waals surface area contributed by atoms with Gasteiger partial charge >= 0.3 is 0 Å². The summed E-state index contributed by atoms with van der Waals surface area (Å²) in [4.78, 5) is 0. The summed E-state index contributed by atoms with van der Waals surface area (Å²) >= 11 is 1.89. The molecule has 11 aromatic rings. The fourth-order valence-electron chi connectivity index (χ4n) is 8.82. The Balaban J connectivity index is 1.19. The number of rotatable bonds is 4. The van der Waals surface area contributed by atoms with E-state index in [1.807, 2.05) is 36.4 Å². The molecular weight excluding hydrogens is 665 g/mol. The molecule has 53 heavy (non-hydrogen) atoms. The maximum atomic E-state index is 5.72. The molecule has 11 rings (SSSR count). The van der Waals surface area contributed by atoms with Crippen LogP contribution in [0.15, 0.2) is 167 Å². The average molecular weight is 697 g/mol. The van der Waals surface area contributed by atoms with E-state index >= 15 is 0 Å². The van der Waals surface area contributed by atoms with Crippen molar-refractivity contribution in [3.63, 3.8) is 0 Å². The molecular formula is C50H32O2S. The number of hydrogen-bond donors (Lipinski definition) is 0. The van der Waals surface area contributed by atoms with Gasteiger partial charge in [-0.3, -0.25) is 0 Å². The molecule has 0 aliphatic heterocycles. The highest BCUT2D eigenvalue weighted by Crippen LogP contribution is 2.50. The predicted octanol–water partition coefficient (Wildman–Crippen LogP) is 15.1. The molecule has 3 heterocycles. The minimum absolute atomic E-state index is 1.14. The van der Waals surface area contributed by atoms with E-state index in [4.69, 9.17) is 8.83 Å². The van der Waals surface area contributed by atoms with Crippen LogP contribution in [0.3, 0.4) is 0 Å². The van der Waals surface area contributed by atoms with Crippen LogP contribution in [0, 0.1) is 13.8 Å². The first kappa shape index (κ1) is 30.2. The first-order valence-electron chi connectivity index (χ1n) is 18.0. The summed E-state index contributed by atoms with van der Waals surface area (Å²) in [6.07, 6.45) is 7.48. The summed E-state index contributed by atoms with van der Waals surface area (Å²) in [6.45, 7) is 4.25. The minimum atomic E-state index is 1.14. The maximum Gasteiger partial charge on any atom is 0.0984 e. The number of thiophene rings is 1. The van der Waals surface area contributed by atoms with Crippen molar-refractivity contribution in [1.29, 1.82) is 0 Å². The molecule has 3 aromatic heterocycles. The van der Waals surface area contributed by atoms with E-state index in [2.05, 4.69) is 147 Å². The summed E-state index contributed by atoms with van der Waals surface area (Å²) < 4.78 is 14.0. The molecule has 2 nitrogen and oxygen atoms in total. The SMILES string of the molecule is Cc1cocc1-c1c2ccccc2c(-c2ccc3sc4c(-c5c6ccccc6c(-c6cocc6C)c6ccccc56)cccc4c3c2)c2ccccc12. The Kier molecular flexibility index (Phi) is 6.58. The van der Waals surface area contributed by atoms with Crippen molar-refractivity contribution < 1.29 is 8.83 Å². The van der Waals surface area contributed by atoms with Gasteiger partial charge in [0.05, 0.1) is 25.1 Å². The van der Waals surface area contributed by atoms with E-state index in [1.165, 1.54) is 96.6 Å². The third kappa shape index (κ3) is 4.38. The molecule has 0 N–H and O–H groups in total. The van der Waals surface area contributed by atoms with Gasteiger partial charge in [-0.1, -0.05) is 121 Å². The number of benzene rings is 8. The standard InChI is InChI=1S/C50H32O2S/c1-29-25-51-27-43(29)48-34-14-5-3-12-32(34)46(33-13-4-6-15-35(33)48)31-22-23-45-42(24-31)40-20-11-21-41(50(40)53-45)47-36-16-7-9-18-38(36)49(44-28-52-26-30(44)2)39-19-10-8-17-37(39)47/h3-28H,1-2H3. The van der Waals surface area contributed by atoms with Gasteiger partial charge in [-0.15, -0.1) is 11.3 Å². The number of fused-ring (bicyclic) bond motifs is 7. The van der Waals surface area contributed by atoms with Crippen LogP contribution in [0.25, 0.3) is 108 Å². The second-order valence-corrected chi connectivity index (χ2v) is 15.2. The zero-order chi connectivity index (χ0) is 35.2. The Labute approximate surface area is 310 Å². The molecule has 0 radical (unpaired) electrons. The molecule has 0 saturated carbocycles. The van der Waals surface area contributed by atoms with Crippen LogP contribution in [0.5, 0.6) is 0 Å². The van der Waals surface area contributed by atoms with Gasteiger partial charge in [-0.25, -0.2) is 0 Å². The molecule has 0 spiro atoms. The normalized spacial score (nSPS) is 12.0. The molecule has 0 saturated heterocycles. The Morgan fingerprint density at radius 2 is 0.774 bits per heavy atom. The molecule has 0 aliphatic carbocycles. The van der Waals surface area contributed by atoms with E-state index in [-0.39, 0.29) is 0 Å². The smallest absolute Gasteiger partial charge is 0.0984 e. The van der Waals surface area contributed by atoms with Crippen LogP contribution in [0.2, 0.25) is 0 Å². The fraction of sp³-hybridized carbons (Fsp3) is 0.0400. The summed E-state index contributed by atoms with van der Waals surface area (Å²) in [5.41, 5.74) is 12.1. The van der Waals surface area contributed by atoms with Gasteiger partial charge in [0.25, 0.3) is 0 Å². The minimum Gasteiger partial charge on any atom is -0.472 e. The largest absolute Gasteiger partial charge is 0.472 e. The van der Waals surface area contributed by atoms with Crippen molar-refractivity contribution in [2.75, 3.05) is 0 Å². The predicted molar refractivity (Wildman–Crippen MR) is 225 cm³/mol. The average Bonchev–Trinajstić information content (AvgIpc) is 3.93. The summed E-state index contributed by atoms with van der Waals surface area (Å²) in [6, 6.07) is 49.3. The van der Waals surface area contributed by atoms with Crippen LogP contribution in [0.4, 0.5) is 0 Å². The van der Waals surface area contributed by atoms with Gasteiger partial charge < -0.3 is 8.83 Å². The van der Waals surface area contributed by atoms with E-state index in [9.17, 15) is 0 Å². The van der Waals surface area contributed by atoms with E-state index in [1.54, 1.807) is 0 Å². The van der Waals surface area contributed by atoms with Crippen molar-refractivity contribution in [3.05, 3.63) is 170 Å². The third-order valence-electron chi connectivity index (χ3n) is 11.2. The second kappa shape index (κ2) is 11.5. The van der Waals surface area contributed by atoms with Crippen LogP contribution in [-0.2, 0) is 0 Å². The lowest BCUT2D eigenvalue weighted by molar-refractivity contribution is 0.566. The van der Waals surface area contributed by atoms with Crippen molar-refractivity contribution in [3.8, 4) is 44.5 Å². The van der Waals surface area contributed by atoms with Crippen molar-refractivity contribution in [2.24, 2.45) is 0 Å². The molecule has 8 aromatic carbocycles. The quantitative estimate of drug-likeness (QED) is 0.171. The molecule has 0 bridgehead atoms. The van der Waals surface area contributed by atoms with Crippen LogP contribution >= 0.6 is 11.3 Å². The highest BCUT2D eigenvalue weighted by molar-refractivity contribution is 7.26. The summed E-state index contributed by atoms with van der Waals surface area (Å²) in [5, 5.41) is 12.5. The topological polar surface area (TPSA) is 26.3 Å². The lowest BCUT2D eigenvalue weighted by atomic mass is 9.85. The Bertz CT molecular complexity index is 3150. The highest BCUT2D eigenvalue weighted by Gasteiger charge is 2.22. The van der Waals surface area contributed by atoms with Crippen LogP contribution in [-0.4, -0.2) is 0 Å². The highest BCUT2D eigenvalue weighted by atomic mass is 32.1. The summed E-state index contributed by atoms with van der Waals surface area (Å²) in [5.74, 6) is 0. The third-order valence-corrected chi connectivity index (χ3v) is 12.4. The molecule has 0 fully saturated rings. The summed E-state index contributed by atoms with van der Waals surface area (Å²) in [7, 11) is 0. The zero-order valence-electron chi connectivity index (χ0n) is 29.2. The molecule has 250 valence electrons. The molecule has 0 aliphatic rings. The maximum absolute atomic E-state index is 5.72. The Morgan fingerprint density at radius 1 is 0.358 bits per heavy atom. The Hall–Kier alpha value is -6.42. The van der Waals surface area contributed by atoms with E-state index in [0.717, 1.165) is 22.3 Å². The zero-order valence-corrected chi connectivity index (χ0v) is 30.1. The van der Waals surface area contributed by atoms with E-state index < -0.39 is 0 Å². The van der Waals surface area contributed by atoms with Gasteiger partial charge in [-0.05, 0) is 96.9 Å². The monoisotopic (exact) mass is 696 g/mol. The van der Waals surface area contributed by atoms with Gasteiger partial charge in [0.1, 0.15) is 0 Å². The molecule has 0 amide bonds. The number of furan rings is 2. The first-order valence-corrected chi connectivity index (χ1v) is 18.9. The van der Waals surface area contributed by atoms with Gasteiger partial charge in [0.15, 0.2) is 0 Å². The first-order chi connectivity index (χ1) is 26.2. The van der Waals surface area contributed by atoms with Gasteiger partial charge in [-0.2, -0.15) is 0 Å². The molecule has 0 unspecified atom stereocenters. The lowest BCUT2D eigenvalue weighted by Gasteiger charge is -2.17. The van der Waals surface area contributed by atoms with Gasteiger partial charge in [0, 0.05) is 48.0 Å². The second-order valence-electron chi connectivity index (χ2n) is 14.1.